The molecule has 0 aliphatic rings. The van der Waals surface area contributed by atoms with Crippen LogP contribution < -0.4 is 5.32 Å². The predicted octanol–water partition coefficient (Wildman–Crippen LogP) is 5.45. The number of hydrogen-bond donors (Lipinski definition) is 2. The zero-order valence-corrected chi connectivity index (χ0v) is 24.6. The molecule has 0 fully saturated rings. The number of aliphatic carboxylic acids is 1. The van der Waals surface area contributed by atoms with Crippen molar-refractivity contribution in [1.29, 1.82) is 0 Å². The van der Waals surface area contributed by atoms with E-state index < -0.39 is 30.8 Å². The third-order valence-corrected chi connectivity index (χ3v) is 6.45. The summed E-state index contributed by atoms with van der Waals surface area (Å²) in [6, 6.07) is 27.7. The van der Waals surface area contributed by atoms with Gasteiger partial charge in [-0.05, 0) is 36.0 Å². The molecule has 3 aromatic carbocycles. The van der Waals surface area contributed by atoms with Crippen molar-refractivity contribution in [2.24, 2.45) is 0 Å². The van der Waals surface area contributed by atoms with E-state index in [1.807, 2.05) is 78.9 Å². The molecule has 0 aromatic heterocycles. The molecule has 0 radical (unpaired) electrons. The highest BCUT2D eigenvalue weighted by Gasteiger charge is 2.20. The van der Waals surface area contributed by atoms with Crippen LogP contribution in [0.1, 0.15) is 36.0 Å². The average Bonchev–Trinajstić information content (AvgIpc) is 3.05. The van der Waals surface area contributed by atoms with Gasteiger partial charge in [0.2, 0.25) is 0 Å². The predicted molar refractivity (Wildman–Crippen MR) is 163 cm³/mol. The second-order valence-electron chi connectivity index (χ2n) is 9.93. The summed E-state index contributed by atoms with van der Waals surface area (Å²) in [5.41, 5.74) is 2.51. The molecular weight excluding hydrogens is 566 g/mol. The van der Waals surface area contributed by atoms with Gasteiger partial charge in [-0.1, -0.05) is 91.0 Å². The highest BCUT2D eigenvalue weighted by Crippen LogP contribution is 2.08. The summed E-state index contributed by atoms with van der Waals surface area (Å²) in [4.78, 5) is 51.6. The Morgan fingerprint density at radius 3 is 1.50 bits per heavy atom. The minimum absolute atomic E-state index is 0.0154. The number of benzene rings is 3. The summed E-state index contributed by atoms with van der Waals surface area (Å²) < 4.78 is 16.0. The number of nitrogens with one attached hydrogen (secondary N) is 1. The monoisotopic (exact) mass is 605 g/mol. The molecule has 0 aliphatic carbocycles. The number of hydrogen-bond acceptors (Lipinski definition) is 7. The van der Waals surface area contributed by atoms with Gasteiger partial charge in [-0.3, -0.25) is 9.69 Å². The van der Waals surface area contributed by atoms with Crippen LogP contribution in [0, 0.1) is 0 Å². The first kappa shape index (κ1) is 33.4. The highest BCUT2D eigenvalue weighted by molar-refractivity contribution is 5.76. The van der Waals surface area contributed by atoms with E-state index in [1.165, 1.54) is 4.90 Å². The van der Waals surface area contributed by atoms with E-state index in [2.05, 4.69) is 5.32 Å². The van der Waals surface area contributed by atoms with Gasteiger partial charge in [-0.15, -0.1) is 0 Å². The van der Waals surface area contributed by atoms with E-state index >= 15 is 0 Å². The van der Waals surface area contributed by atoms with Crippen molar-refractivity contribution < 1.29 is 38.5 Å². The normalized spacial score (nSPS) is 10.4. The maximum absolute atomic E-state index is 13.0. The Balaban J connectivity index is 1.47. The summed E-state index contributed by atoms with van der Waals surface area (Å²) in [5, 5.41) is 12.0. The van der Waals surface area contributed by atoms with E-state index in [0.717, 1.165) is 21.6 Å². The van der Waals surface area contributed by atoms with Crippen LogP contribution in [0.4, 0.5) is 14.4 Å². The lowest BCUT2D eigenvalue weighted by atomic mass is 10.2. The molecule has 0 bridgehead atoms. The molecule has 11 nitrogen and oxygen atoms in total. The third-order valence-electron chi connectivity index (χ3n) is 6.45. The fourth-order valence-electron chi connectivity index (χ4n) is 4.16. The van der Waals surface area contributed by atoms with Gasteiger partial charge in [-0.2, -0.15) is 0 Å². The zero-order chi connectivity index (χ0) is 31.4. The van der Waals surface area contributed by atoms with E-state index in [0.29, 0.717) is 32.4 Å². The quantitative estimate of drug-likeness (QED) is 0.153. The molecule has 3 rings (SSSR count). The fourth-order valence-corrected chi connectivity index (χ4v) is 4.16. The Morgan fingerprint density at radius 2 is 1.00 bits per heavy atom. The number of carbonyl (C=O) groups is 4. The van der Waals surface area contributed by atoms with Gasteiger partial charge in [0.15, 0.2) is 0 Å². The fraction of sp³-hybridized carbons (Fsp3) is 0.333. The molecule has 44 heavy (non-hydrogen) atoms. The number of ether oxygens (including phenoxy) is 3. The van der Waals surface area contributed by atoms with Crippen molar-refractivity contribution in [2.75, 3.05) is 32.7 Å². The van der Waals surface area contributed by atoms with Gasteiger partial charge in [-0.25, -0.2) is 14.4 Å². The van der Waals surface area contributed by atoms with Crippen molar-refractivity contribution in [1.82, 2.24) is 15.1 Å². The lowest BCUT2D eigenvalue weighted by Crippen LogP contribution is -2.39. The average molecular weight is 606 g/mol. The molecule has 11 heteroatoms. The summed E-state index contributed by atoms with van der Waals surface area (Å²) in [6.07, 6.45) is -0.346. The van der Waals surface area contributed by atoms with Gasteiger partial charge < -0.3 is 29.5 Å². The van der Waals surface area contributed by atoms with Gasteiger partial charge in [0.1, 0.15) is 26.4 Å². The molecule has 0 saturated heterocycles. The van der Waals surface area contributed by atoms with Crippen LogP contribution in [0.3, 0.4) is 0 Å². The summed E-state index contributed by atoms with van der Waals surface area (Å²) in [7, 11) is 0. The van der Waals surface area contributed by atoms with Gasteiger partial charge in [0.25, 0.3) is 0 Å². The zero-order valence-electron chi connectivity index (χ0n) is 24.6. The number of carboxylic acid groups (broad SMARTS) is 1. The van der Waals surface area contributed by atoms with Crippen LogP contribution in [-0.2, 0) is 38.8 Å². The largest absolute Gasteiger partial charge is 0.480 e. The molecule has 2 N–H and O–H groups in total. The van der Waals surface area contributed by atoms with Crippen LogP contribution in [0.5, 0.6) is 0 Å². The Bertz CT molecular complexity index is 1290. The molecule has 3 aromatic rings. The van der Waals surface area contributed by atoms with Crippen LogP contribution >= 0.6 is 0 Å². The van der Waals surface area contributed by atoms with Crippen molar-refractivity contribution in [3.8, 4) is 0 Å². The SMILES string of the molecule is O=C(O)CN(CCCN(CCCCNC(=O)OCc1ccccc1)C(=O)OCc1ccccc1)C(=O)OCc1ccccc1. The molecule has 3 amide bonds. The molecule has 234 valence electrons. The highest BCUT2D eigenvalue weighted by atomic mass is 16.6. The van der Waals surface area contributed by atoms with Gasteiger partial charge in [0, 0.05) is 26.2 Å². The first-order chi connectivity index (χ1) is 21.4. The van der Waals surface area contributed by atoms with E-state index in [4.69, 9.17) is 14.2 Å². The van der Waals surface area contributed by atoms with Crippen LogP contribution in [0.25, 0.3) is 0 Å². The number of alkyl carbamates (subject to hydrolysis) is 1. The van der Waals surface area contributed by atoms with Crippen molar-refractivity contribution in [3.63, 3.8) is 0 Å². The maximum atomic E-state index is 13.0. The van der Waals surface area contributed by atoms with Crippen molar-refractivity contribution in [3.05, 3.63) is 108 Å². The van der Waals surface area contributed by atoms with Gasteiger partial charge in [0.05, 0.1) is 0 Å². The number of carbonyl (C=O) groups excluding carboxylic acids is 3. The van der Waals surface area contributed by atoms with E-state index in [1.54, 1.807) is 12.1 Å². The Morgan fingerprint density at radius 1 is 0.568 bits per heavy atom. The standard InChI is InChI=1S/C33H39N3O8/c37-30(38)23-36(33(41)44-26-29-17-8-3-9-18-29)22-12-21-35(32(40)43-25-28-15-6-2-7-16-28)20-11-10-19-34-31(39)42-24-27-13-4-1-5-14-27/h1-9,13-18H,10-12,19-26H2,(H,34,39)(H,37,38). The number of unbranched alkanes of at least 4 members (excludes halogenated alkanes) is 1. The van der Waals surface area contributed by atoms with E-state index in [-0.39, 0.29) is 32.9 Å². The summed E-state index contributed by atoms with van der Waals surface area (Å²) >= 11 is 0. The van der Waals surface area contributed by atoms with Crippen molar-refractivity contribution >= 4 is 24.2 Å². The molecule has 0 heterocycles. The Kier molecular flexibility index (Phi) is 14.6. The second kappa shape index (κ2) is 19.2. The number of carboxylic acids is 1. The first-order valence-electron chi connectivity index (χ1n) is 14.5. The second-order valence-corrected chi connectivity index (χ2v) is 9.93. The lowest BCUT2D eigenvalue weighted by molar-refractivity contribution is -0.138. The molecule has 0 saturated carbocycles. The maximum Gasteiger partial charge on any atom is 0.410 e. The Labute approximate surface area is 257 Å². The minimum Gasteiger partial charge on any atom is -0.480 e. The molecule has 0 unspecified atom stereocenters. The van der Waals surface area contributed by atoms with Crippen molar-refractivity contribution in [2.45, 2.75) is 39.1 Å². The summed E-state index contributed by atoms with van der Waals surface area (Å²) in [6.45, 7) is 0.749. The lowest BCUT2D eigenvalue weighted by Gasteiger charge is -2.25. The molecule has 0 spiro atoms. The Hall–Kier alpha value is -5.06. The molecular formula is C33H39N3O8. The smallest absolute Gasteiger partial charge is 0.410 e. The van der Waals surface area contributed by atoms with Crippen LogP contribution in [0.2, 0.25) is 0 Å². The number of amides is 3. The summed E-state index contributed by atoms with van der Waals surface area (Å²) in [5.74, 6) is -1.17. The minimum atomic E-state index is -1.17. The molecule has 0 aliphatic heterocycles. The number of rotatable bonds is 17. The van der Waals surface area contributed by atoms with Crippen LogP contribution in [-0.4, -0.2) is 71.9 Å². The van der Waals surface area contributed by atoms with Gasteiger partial charge >= 0.3 is 24.2 Å². The number of nitrogens with zero attached hydrogens (tertiary/aromatic N) is 2. The first-order valence-corrected chi connectivity index (χ1v) is 14.5. The molecule has 0 atom stereocenters. The van der Waals surface area contributed by atoms with Crippen LogP contribution in [0.15, 0.2) is 91.0 Å². The van der Waals surface area contributed by atoms with E-state index in [9.17, 15) is 24.3 Å². The third kappa shape index (κ3) is 13.3. The topological polar surface area (TPSA) is 135 Å².